The molecule has 1 aliphatic rings. The summed E-state index contributed by atoms with van der Waals surface area (Å²) in [4.78, 5) is 13.4. The number of imidazole rings is 1. The van der Waals surface area contributed by atoms with E-state index in [1.165, 1.54) is 0 Å². The number of piperidine rings is 1. The van der Waals surface area contributed by atoms with E-state index in [1.807, 2.05) is 39.3 Å². The summed E-state index contributed by atoms with van der Waals surface area (Å²) in [5, 5.41) is 6.96. The molecule has 0 atom stereocenters. The first-order valence-electron chi connectivity index (χ1n) is 8.81. The molecule has 2 rings (SSSR count). The maximum atomic E-state index is 4.44. The summed E-state index contributed by atoms with van der Waals surface area (Å²) >= 11 is 0. The zero-order valence-electron chi connectivity index (χ0n) is 16.4. The highest BCUT2D eigenvalue weighted by Crippen LogP contribution is 2.13. The van der Waals surface area contributed by atoms with Crippen molar-refractivity contribution in [3.63, 3.8) is 0 Å². The Balaban J connectivity index is 0.00000312. The Morgan fingerprint density at radius 2 is 2.00 bits per heavy atom. The zero-order valence-corrected chi connectivity index (χ0v) is 18.7. The van der Waals surface area contributed by atoms with Crippen LogP contribution in [0.15, 0.2) is 11.2 Å². The predicted molar refractivity (Wildman–Crippen MR) is 116 cm³/mol. The SMILES string of the molecule is CN=C(NCc1cnc(N(C)C)n1C)NC1CCN(C(C)C)CC1.I. The molecule has 7 nitrogen and oxygen atoms in total. The van der Waals surface area contributed by atoms with Gasteiger partial charge in [-0.3, -0.25) is 4.99 Å². The van der Waals surface area contributed by atoms with Gasteiger partial charge in [-0.15, -0.1) is 24.0 Å². The number of nitrogens with zero attached hydrogens (tertiary/aromatic N) is 5. The van der Waals surface area contributed by atoms with Crippen LogP contribution in [0.1, 0.15) is 32.4 Å². The van der Waals surface area contributed by atoms with Gasteiger partial charge in [-0.25, -0.2) is 4.98 Å². The van der Waals surface area contributed by atoms with Crippen LogP contribution in [0, 0.1) is 0 Å². The minimum Gasteiger partial charge on any atom is -0.354 e. The highest BCUT2D eigenvalue weighted by Gasteiger charge is 2.21. The fourth-order valence-electron chi connectivity index (χ4n) is 3.14. The minimum absolute atomic E-state index is 0. The normalized spacial score (nSPS) is 16.7. The molecule has 0 bridgehead atoms. The van der Waals surface area contributed by atoms with Gasteiger partial charge in [-0.05, 0) is 26.7 Å². The summed E-state index contributed by atoms with van der Waals surface area (Å²) in [6.45, 7) is 7.55. The first kappa shape index (κ1) is 22.0. The van der Waals surface area contributed by atoms with Gasteiger partial charge in [0, 0.05) is 53.4 Å². The third-order valence-corrected chi connectivity index (χ3v) is 4.72. The summed E-state index contributed by atoms with van der Waals surface area (Å²) in [6.07, 6.45) is 4.24. The Morgan fingerprint density at radius 1 is 1.36 bits per heavy atom. The molecule has 25 heavy (non-hydrogen) atoms. The van der Waals surface area contributed by atoms with Crippen molar-refractivity contribution in [2.24, 2.45) is 12.0 Å². The van der Waals surface area contributed by atoms with Crippen molar-refractivity contribution in [1.82, 2.24) is 25.1 Å². The lowest BCUT2D eigenvalue weighted by atomic mass is 10.0. The lowest BCUT2D eigenvalue weighted by Gasteiger charge is -2.35. The van der Waals surface area contributed by atoms with Crippen molar-refractivity contribution in [3.8, 4) is 0 Å². The first-order chi connectivity index (χ1) is 11.4. The van der Waals surface area contributed by atoms with E-state index in [-0.39, 0.29) is 24.0 Å². The largest absolute Gasteiger partial charge is 0.354 e. The number of nitrogens with one attached hydrogen (secondary N) is 2. The van der Waals surface area contributed by atoms with Gasteiger partial charge in [0.1, 0.15) is 0 Å². The average molecular weight is 463 g/mol. The number of aromatic nitrogens is 2. The Kier molecular flexibility index (Phi) is 8.98. The van der Waals surface area contributed by atoms with Crippen LogP contribution < -0.4 is 15.5 Å². The van der Waals surface area contributed by atoms with E-state index in [4.69, 9.17) is 0 Å². The van der Waals surface area contributed by atoms with Crippen LogP contribution >= 0.6 is 24.0 Å². The molecule has 2 N–H and O–H groups in total. The number of hydrogen-bond donors (Lipinski definition) is 2. The molecule has 1 saturated heterocycles. The second kappa shape index (κ2) is 10.2. The van der Waals surface area contributed by atoms with Gasteiger partial charge in [0.15, 0.2) is 5.96 Å². The van der Waals surface area contributed by atoms with E-state index in [2.05, 4.69) is 43.9 Å². The van der Waals surface area contributed by atoms with Crippen molar-refractivity contribution in [2.75, 3.05) is 39.1 Å². The average Bonchev–Trinajstić information content (AvgIpc) is 2.93. The molecular weight excluding hydrogens is 429 g/mol. The molecular formula is C17H34IN7. The topological polar surface area (TPSA) is 60.7 Å². The third kappa shape index (κ3) is 6.02. The maximum Gasteiger partial charge on any atom is 0.204 e. The Bertz CT molecular complexity index is 545. The van der Waals surface area contributed by atoms with Gasteiger partial charge >= 0.3 is 0 Å². The molecule has 1 aromatic heterocycles. The number of guanidine groups is 1. The molecule has 1 aromatic rings. The molecule has 144 valence electrons. The fourth-order valence-corrected chi connectivity index (χ4v) is 3.14. The van der Waals surface area contributed by atoms with Crippen molar-refractivity contribution in [2.45, 2.75) is 45.3 Å². The van der Waals surface area contributed by atoms with Crippen LogP contribution in [0.3, 0.4) is 0 Å². The molecule has 0 radical (unpaired) electrons. The summed E-state index contributed by atoms with van der Waals surface area (Å²) in [7, 11) is 7.87. The van der Waals surface area contributed by atoms with Crippen LogP contribution in [0.2, 0.25) is 0 Å². The Morgan fingerprint density at radius 3 is 2.48 bits per heavy atom. The molecule has 2 heterocycles. The first-order valence-corrected chi connectivity index (χ1v) is 8.81. The Hall–Kier alpha value is -1.03. The van der Waals surface area contributed by atoms with E-state index in [9.17, 15) is 0 Å². The van der Waals surface area contributed by atoms with Gasteiger partial charge in [0.25, 0.3) is 0 Å². The van der Waals surface area contributed by atoms with E-state index < -0.39 is 0 Å². The van der Waals surface area contributed by atoms with Crippen LogP contribution in [0.25, 0.3) is 0 Å². The highest BCUT2D eigenvalue weighted by molar-refractivity contribution is 14.0. The number of halogens is 1. The van der Waals surface area contributed by atoms with Crippen molar-refractivity contribution in [3.05, 3.63) is 11.9 Å². The van der Waals surface area contributed by atoms with Gasteiger partial charge in [-0.2, -0.15) is 0 Å². The lowest BCUT2D eigenvalue weighted by Crippen LogP contribution is -2.49. The van der Waals surface area contributed by atoms with Gasteiger partial charge in [0.2, 0.25) is 5.95 Å². The molecule has 0 amide bonds. The van der Waals surface area contributed by atoms with Gasteiger partial charge in [-0.1, -0.05) is 0 Å². The molecule has 1 fully saturated rings. The predicted octanol–water partition coefficient (Wildman–Crippen LogP) is 1.64. The number of aliphatic imine (C=N–C) groups is 1. The number of rotatable bonds is 5. The second-order valence-electron chi connectivity index (χ2n) is 6.98. The van der Waals surface area contributed by atoms with E-state index >= 15 is 0 Å². The van der Waals surface area contributed by atoms with E-state index in [0.717, 1.165) is 43.5 Å². The smallest absolute Gasteiger partial charge is 0.204 e. The Labute approximate surface area is 169 Å². The van der Waals surface area contributed by atoms with Crippen molar-refractivity contribution < 1.29 is 0 Å². The van der Waals surface area contributed by atoms with Crippen LogP contribution in [-0.2, 0) is 13.6 Å². The fraction of sp³-hybridized carbons (Fsp3) is 0.765. The van der Waals surface area contributed by atoms with Crippen LogP contribution in [0.5, 0.6) is 0 Å². The van der Waals surface area contributed by atoms with Gasteiger partial charge < -0.3 is 25.0 Å². The third-order valence-electron chi connectivity index (χ3n) is 4.72. The zero-order chi connectivity index (χ0) is 17.7. The molecule has 0 aliphatic carbocycles. The van der Waals surface area contributed by atoms with Crippen LogP contribution in [0.4, 0.5) is 5.95 Å². The molecule has 0 saturated carbocycles. The second-order valence-corrected chi connectivity index (χ2v) is 6.98. The molecule has 0 unspecified atom stereocenters. The summed E-state index contributed by atoms with van der Waals surface area (Å²) in [6, 6.07) is 1.13. The summed E-state index contributed by atoms with van der Waals surface area (Å²) in [5.74, 6) is 1.82. The summed E-state index contributed by atoms with van der Waals surface area (Å²) < 4.78 is 2.10. The monoisotopic (exact) mass is 463 g/mol. The maximum absolute atomic E-state index is 4.44. The minimum atomic E-state index is 0. The van der Waals surface area contributed by atoms with E-state index in [0.29, 0.717) is 18.6 Å². The molecule has 0 aromatic carbocycles. The van der Waals surface area contributed by atoms with Crippen molar-refractivity contribution >= 4 is 35.9 Å². The standard InChI is InChI=1S/C17H33N7.HI/c1-13(2)24-9-7-14(8-10-24)21-16(18-3)19-11-15-12-20-17(22(4)5)23(15)6;/h12-14H,7-11H2,1-6H3,(H2,18,19,21);1H. The van der Waals surface area contributed by atoms with Crippen LogP contribution in [-0.4, -0.2) is 66.7 Å². The number of hydrogen-bond acceptors (Lipinski definition) is 4. The number of likely N-dealkylation sites (tertiary alicyclic amines) is 1. The molecule has 8 heteroatoms. The molecule has 0 spiro atoms. The number of anilines is 1. The quantitative estimate of drug-likeness (QED) is 0.395. The van der Waals surface area contributed by atoms with Crippen molar-refractivity contribution in [1.29, 1.82) is 0 Å². The lowest BCUT2D eigenvalue weighted by molar-refractivity contribution is 0.167. The highest BCUT2D eigenvalue weighted by atomic mass is 127. The molecule has 1 aliphatic heterocycles. The van der Waals surface area contributed by atoms with E-state index in [1.54, 1.807) is 0 Å². The summed E-state index contributed by atoms with van der Waals surface area (Å²) in [5.41, 5.74) is 1.14. The van der Waals surface area contributed by atoms with Gasteiger partial charge in [0.05, 0.1) is 18.4 Å².